The number of benzene rings is 2. The lowest BCUT2D eigenvalue weighted by atomic mass is 10.1. The maximum atomic E-state index is 5.51. The highest BCUT2D eigenvalue weighted by Crippen LogP contribution is 2.31. The molecule has 5 nitrogen and oxygen atoms in total. The molecule has 2 aromatic rings. The Kier molecular flexibility index (Phi) is 9.40. The van der Waals surface area contributed by atoms with Gasteiger partial charge < -0.3 is 20.3 Å². The largest absolute Gasteiger partial charge is 0.495 e. The Morgan fingerprint density at radius 1 is 1.11 bits per heavy atom. The SMILES string of the molecule is CCNC(=NCc1ccccc1)NCC1CCN(c2ccccc2OC)C1.I. The Labute approximate surface area is 185 Å². The molecule has 0 aromatic heterocycles. The van der Waals surface area contributed by atoms with Crippen LogP contribution in [0.2, 0.25) is 0 Å². The molecule has 0 spiro atoms. The number of anilines is 1. The van der Waals surface area contributed by atoms with Gasteiger partial charge in [0.25, 0.3) is 0 Å². The standard InChI is InChI=1S/C22H30N4O.HI/c1-3-23-22(24-15-18-9-5-4-6-10-18)25-16-19-13-14-26(17-19)20-11-7-8-12-21(20)27-2;/h4-12,19H,3,13-17H2,1-2H3,(H2,23,24,25);1H. The number of guanidine groups is 1. The predicted octanol–water partition coefficient (Wildman–Crippen LogP) is 3.89. The van der Waals surface area contributed by atoms with Crippen LogP contribution in [0.3, 0.4) is 0 Å². The van der Waals surface area contributed by atoms with Gasteiger partial charge >= 0.3 is 0 Å². The highest BCUT2D eigenvalue weighted by Gasteiger charge is 2.24. The summed E-state index contributed by atoms with van der Waals surface area (Å²) in [5.41, 5.74) is 2.41. The molecular formula is C22H31IN4O. The lowest BCUT2D eigenvalue weighted by Crippen LogP contribution is -2.40. The molecule has 6 heteroatoms. The van der Waals surface area contributed by atoms with E-state index in [0.29, 0.717) is 12.5 Å². The van der Waals surface area contributed by atoms with Gasteiger partial charge in [0.05, 0.1) is 19.3 Å². The van der Waals surface area contributed by atoms with Gasteiger partial charge in [0.15, 0.2) is 5.96 Å². The van der Waals surface area contributed by atoms with Crippen molar-refractivity contribution in [3.05, 3.63) is 60.2 Å². The third-order valence-electron chi connectivity index (χ3n) is 4.88. The summed E-state index contributed by atoms with van der Waals surface area (Å²) >= 11 is 0. The zero-order chi connectivity index (χ0) is 18.9. The van der Waals surface area contributed by atoms with Crippen LogP contribution in [0.1, 0.15) is 18.9 Å². The minimum atomic E-state index is 0. The molecule has 1 aliphatic rings. The Balaban J connectivity index is 0.00000280. The quantitative estimate of drug-likeness (QED) is 0.349. The first-order valence-corrected chi connectivity index (χ1v) is 9.74. The monoisotopic (exact) mass is 494 g/mol. The second-order valence-electron chi connectivity index (χ2n) is 6.83. The number of rotatable bonds is 7. The van der Waals surface area contributed by atoms with E-state index >= 15 is 0 Å². The minimum absolute atomic E-state index is 0. The van der Waals surface area contributed by atoms with Gasteiger partial charge in [-0.05, 0) is 37.0 Å². The molecular weight excluding hydrogens is 463 g/mol. The summed E-state index contributed by atoms with van der Waals surface area (Å²) < 4.78 is 5.51. The van der Waals surface area contributed by atoms with Crippen LogP contribution >= 0.6 is 24.0 Å². The normalized spacial score (nSPS) is 16.4. The number of hydrogen-bond acceptors (Lipinski definition) is 3. The first-order valence-electron chi connectivity index (χ1n) is 9.74. The van der Waals surface area contributed by atoms with E-state index in [2.05, 4.69) is 58.9 Å². The van der Waals surface area contributed by atoms with Crippen LogP contribution in [0.4, 0.5) is 5.69 Å². The smallest absolute Gasteiger partial charge is 0.191 e. The van der Waals surface area contributed by atoms with E-state index in [1.165, 1.54) is 17.7 Å². The summed E-state index contributed by atoms with van der Waals surface area (Å²) in [6, 6.07) is 18.6. The van der Waals surface area contributed by atoms with Crippen LogP contribution < -0.4 is 20.3 Å². The van der Waals surface area contributed by atoms with Gasteiger partial charge in [0.1, 0.15) is 5.75 Å². The number of methoxy groups -OCH3 is 1. The van der Waals surface area contributed by atoms with Crippen molar-refractivity contribution < 1.29 is 4.74 Å². The van der Waals surface area contributed by atoms with Crippen molar-refractivity contribution in [2.75, 3.05) is 38.2 Å². The number of nitrogens with zero attached hydrogens (tertiary/aromatic N) is 2. The average molecular weight is 494 g/mol. The maximum Gasteiger partial charge on any atom is 0.191 e. The van der Waals surface area contributed by atoms with Gasteiger partial charge in [0, 0.05) is 26.2 Å². The first-order chi connectivity index (χ1) is 13.3. The van der Waals surface area contributed by atoms with Gasteiger partial charge in [0.2, 0.25) is 0 Å². The topological polar surface area (TPSA) is 48.9 Å². The maximum absolute atomic E-state index is 5.51. The van der Waals surface area contributed by atoms with Gasteiger partial charge in [-0.1, -0.05) is 42.5 Å². The van der Waals surface area contributed by atoms with Crippen molar-refractivity contribution in [1.29, 1.82) is 0 Å². The van der Waals surface area contributed by atoms with Crippen molar-refractivity contribution in [3.8, 4) is 5.75 Å². The molecule has 1 saturated heterocycles. The van der Waals surface area contributed by atoms with E-state index in [1.54, 1.807) is 7.11 Å². The van der Waals surface area contributed by atoms with Crippen LogP contribution in [0, 0.1) is 5.92 Å². The van der Waals surface area contributed by atoms with Crippen molar-refractivity contribution in [2.45, 2.75) is 19.9 Å². The van der Waals surface area contributed by atoms with Crippen LogP contribution in [-0.4, -0.2) is 39.2 Å². The summed E-state index contributed by atoms with van der Waals surface area (Å²) in [4.78, 5) is 7.13. The molecule has 2 aromatic carbocycles. The van der Waals surface area contributed by atoms with E-state index in [0.717, 1.165) is 37.9 Å². The lowest BCUT2D eigenvalue weighted by Gasteiger charge is -2.21. The predicted molar refractivity (Wildman–Crippen MR) is 128 cm³/mol. The highest BCUT2D eigenvalue weighted by molar-refractivity contribution is 14.0. The molecule has 1 atom stereocenters. The summed E-state index contributed by atoms with van der Waals surface area (Å²) in [5, 5.41) is 6.86. The van der Waals surface area contributed by atoms with Crippen molar-refractivity contribution in [1.82, 2.24) is 10.6 Å². The molecule has 0 saturated carbocycles. The van der Waals surface area contributed by atoms with E-state index in [9.17, 15) is 0 Å². The van der Waals surface area contributed by atoms with Crippen LogP contribution in [0.5, 0.6) is 5.75 Å². The van der Waals surface area contributed by atoms with E-state index in [1.807, 2.05) is 18.2 Å². The van der Waals surface area contributed by atoms with E-state index in [4.69, 9.17) is 9.73 Å². The molecule has 1 heterocycles. The number of nitrogens with one attached hydrogen (secondary N) is 2. The minimum Gasteiger partial charge on any atom is -0.495 e. The fourth-order valence-electron chi connectivity index (χ4n) is 3.45. The number of para-hydroxylation sites is 2. The number of hydrogen-bond donors (Lipinski definition) is 2. The fraction of sp³-hybridized carbons (Fsp3) is 0.409. The zero-order valence-electron chi connectivity index (χ0n) is 16.7. The summed E-state index contributed by atoms with van der Waals surface area (Å²) in [6.07, 6.45) is 1.17. The third-order valence-corrected chi connectivity index (χ3v) is 4.88. The molecule has 2 N–H and O–H groups in total. The van der Waals surface area contributed by atoms with Gasteiger partial charge in [-0.2, -0.15) is 0 Å². The van der Waals surface area contributed by atoms with Crippen molar-refractivity contribution in [2.24, 2.45) is 10.9 Å². The lowest BCUT2D eigenvalue weighted by molar-refractivity contribution is 0.414. The Hall–Kier alpha value is -1.96. The van der Waals surface area contributed by atoms with Crippen LogP contribution in [-0.2, 0) is 6.54 Å². The third kappa shape index (κ3) is 6.29. The molecule has 152 valence electrons. The molecule has 1 unspecified atom stereocenters. The number of ether oxygens (including phenoxy) is 1. The second kappa shape index (κ2) is 11.8. The summed E-state index contributed by atoms with van der Waals surface area (Å²) in [5.74, 6) is 2.43. The molecule has 28 heavy (non-hydrogen) atoms. The Bertz CT molecular complexity index is 738. The van der Waals surface area contributed by atoms with Crippen LogP contribution in [0.15, 0.2) is 59.6 Å². The second-order valence-corrected chi connectivity index (χ2v) is 6.83. The highest BCUT2D eigenvalue weighted by atomic mass is 127. The Morgan fingerprint density at radius 2 is 1.86 bits per heavy atom. The van der Waals surface area contributed by atoms with E-state index in [-0.39, 0.29) is 24.0 Å². The molecule has 0 radical (unpaired) electrons. The average Bonchev–Trinajstić information content (AvgIpc) is 3.19. The molecule has 0 amide bonds. The molecule has 0 bridgehead atoms. The zero-order valence-corrected chi connectivity index (χ0v) is 19.1. The summed E-state index contributed by atoms with van der Waals surface area (Å²) in [6.45, 7) is 6.66. The van der Waals surface area contributed by atoms with Gasteiger partial charge in [-0.3, -0.25) is 0 Å². The fourth-order valence-corrected chi connectivity index (χ4v) is 3.45. The van der Waals surface area contributed by atoms with Crippen molar-refractivity contribution >= 4 is 35.6 Å². The number of halogens is 1. The van der Waals surface area contributed by atoms with E-state index < -0.39 is 0 Å². The first kappa shape index (κ1) is 22.3. The van der Waals surface area contributed by atoms with Crippen LogP contribution in [0.25, 0.3) is 0 Å². The molecule has 1 fully saturated rings. The molecule has 0 aliphatic carbocycles. The van der Waals surface area contributed by atoms with Crippen molar-refractivity contribution in [3.63, 3.8) is 0 Å². The molecule has 1 aliphatic heterocycles. The van der Waals surface area contributed by atoms with Gasteiger partial charge in [-0.15, -0.1) is 24.0 Å². The summed E-state index contributed by atoms with van der Waals surface area (Å²) in [7, 11) is 1.74. The Morgan fingerprint density at radius 3 is 2.61 bits per heavy atom. The number of aliphatic imine (C=N–C) groups is 1. The molecule has 3 rings (SSSR count). The van der Waals surface area contributed by atoms with Gasteiger partial charge in [-0.25, -0.2) is 4.99 Å².